The lowest BCUT2D eigenvalue weighted by Gasteiger charge is -2.58. The van der Waals surface area contributed by atoms with Gasteiger partial charge in [0.2, 0.25) is 0 Å². The van der Waals surface area contributed by atoms with Crippen molar-refractivity contribution >= 4 is 5.78 Å². The number of aliphatic hydroxyl groups is 1. The zero-order valence-electron chi connectivity index (χ0n) is 14.2. The van der Waals surface area contributed by atoms with Gasteiger partial charge in [-0.25, -0.2) is 0 Å². The predicted molar refractivity (Wildman–Crippen MR) is 87.2 cm³/mol. The first-order valence-electron chi connectivity index (χ1n) is 9.33. The van der Waals surface area contributed by atoms with E-state index in [0.717, 1.165) is 37.5 Å². The number of rotatable bonds is 0. The number of aliphatic hydroxyl groups excluding tert-OH is 1. The fourth-order valence-electron chi connectivity index (χ4n) is 7.11. The van der Waals surface area contributed by atoms with Gasteiger partial charge in [0.05, 0.1) is 6.10 Å². The van der Waals surface area contributed by atoms with Gasteiger partial charge in [0.25, 0.3) is 0 Å². The van der Waals surface area contributed by atoms with E-state index < -0.39 is 0 Å². The first-order chi connectivity index (χ1) is 10.4. The van der Waals surface area contributed by atoms with Crippen molar-refractivity contribution in [1.29, 1.82) is 0 Å². The molecule has 0 heterocycles. The van der Waals surface area contributed by atoms with Crippen LogP contribution in [0.3, 0.4) is 0 Å². The molecular weight excluding hydrogens is 272 g/mol. The van der Waals surface area contributed by atoms with Crippen molar-refractivity contribution in [3.8, 4) is 0 Å². The molecule has 1 N–H and O–H groups in total. The molecule has 4 aliphatic carbocycles. The van der Waals surface area contributed by atoms with Crippen molar-refractivity contribution in [3.05, 3.63) is 11.6 Å². The highest BCUT2D eigenvalue weighted by molar-refractivity contribution is 5.91. The van der Waals surface area contributed by atoms with E-state index in [1.54, 1.807) is 0 Å². The molecule has 2 nitrogen and oxygen atoms in total. The molecule has 2 heteroatoms. The summed E-state index contributed by atoms with van der Waals surface area (Å²) >= 11 is 0. The first-order valence-corrected chi connectivity index (χ1v) is 9.33. The Kier molecular flexibility index (Phi) is 3.35. The zero-order chi connectivity index (χ0) is 15.6. The maximum atomic E-state index is 11.8. The Hall–Kier alpha value is -0.630. The zero-order valence-corrected chi connectivity index (χ0v) is 14.2. The van der Waals surface area contributed by atoms with Gasteiger partial charge in [0, 0.05) is 6.42 Å². The van der Waals surface area contributed by atoms with E-state index in [1.807, 2.05) is 6.08 Å². The predicted octanol–water partition coefficient (Wildman–Crippen LogP) is 3.98. The monoisotopic (exact) mass is 302 g/mol. The third kappa shape index (κ3) is 1.92. The summed E-state index contributed by atoms with van der Waals surface area (Å²) in [5.41, 5.74) is 1.60. The van der Waals surface area contributed by atoms with Crippen LogP contribution < -0.4 is 0 Å². The quantitative estimate of drug-likeness (QED) is 0.735. The van der Waals surface area contributed by atoms with Crippen LogP contribution >= 0.6 is 0 Å². The second-order valence-electron chi connectivity index (χ2n) is 9.05. The molecule has 3 saturated carbocycles. The number of allylic oxidation sites excluding steroid dienone is 1. The third-order valence-electron chi connectivity index (χ3n) is 7.89. The molecule has 22 heavy (non-hydrogen) atoms. The Labute approximate surface area is 134 Å². The van der Waals surface area contributed by atoms with Gasteiger partial charge in [-0.2, -0.15) is 0 Å². The van der Waals surface area contributed by atoms with E-state index in [1.165, 1.54) is 18.4 Å². The molecule has 8 atom stereocenters. The lowest BCUT2D eigenvalue weighted by molar-refractivity contribution is -0.118. The van der Waals surface area contributed by atoms with Crippen molar-refractivity contribution in [1.82, 2.24) is 0 Å². The second-order valence-corrected chi connectivity index (χ2v) is 9.05. The molecular formula is C20H30O2. The van der Waals surface area contributed by atoms with Crippen LogP contribution in [-0.4, -0.2) is 17.0 Å². The van der Waals surface area contributed by atoms with E-state index in [9.17, 15) is 9.90 Å². The van der Waals surface area contributed by atoms with Crippen LogP contribution in [0.1, 0.15) is 59.3 Å². The van der Waals surface area contributed by atoms with E-state index in [2.05, 4.69) is 20.8 Å². The summed E-state index contributed by atoms with van der Waals surface area (Å²) in [7, 11) is 0. The van der Waals surface area contributed by atoms with E-state index >= 15 is 0 Å². The summed E-state index contributed by atoms with van der Waals surface area (Å²) in [6, 6.07) is 0. The first kappa shape index (κ1) is 14.9. The maximum Gasteiger partial charge on any atom is 0.155 e. The summed E-state index contributed by atoms with van der Waals surface area (Å²) in [5, 5.41) is 10.6. The van der Waals surface area contributed by atoms with Gasteiger partial charge in [-0.1, -0.05) is 26.3 Å². The molecule has 0 aromatic carbocycles. The van der Waals surface area contributed by atoms with Gasteiger partial charge in [0.1, 0.15) is 0 Å². The van der Waals surface area contributed by atoms with Crippen LogP contribution in [0.2, 0.25) is 0 Å². The summed E-state index contributed by atoms with van der Waals surface area (Å²) in [6.07, 6.45) is 8.22. The number of hydrogen-bond acceptors (Lipinski definition) is 2. The molecule has 0 aromatic heterocycles. The molecule has 0 radical (unpaired) electrons. The molecule has 0 aliphatic heterocycles. The van der Waals surface area contributed by atoms with Gasteiger partial charge in [0.15, 0.2) is 5.78 Å². The minimum Gasteiger partial charge on any atom is -0.393 e. The van der Waals surface area contributed by atoms with Crippen LogP contribution in [-0.2, 0) is 4.79 Å². The van der Waals surface area contributed by atoms with Gasteiger partial charge in [-0.15, -0.1) is 0 Å². The molecule has 0 bridgehead atoms. The van der Waals surface area contributed by atoms with Gasteiger partial charge in [-0.05, 0) is 79.1 Å². The highest BCUT2D eigenvalue weighted by atomic mass is 16.3. The molecule has 4 rings (SSSR count). The molecule has 0 saturated heterocycles. The number of carbonyl (C=O) groups is 1. The van der Waals surface area contributed by atoms with Crippen molar-refractivity contribution in [2.75, 3.05) is 0 Å². The van der Waals surface area contributed by atoms with Crippen LogP contribution in [0.15, 0.2) is 11.6 Å². The average molecular weight is 302 g/mol. The van der Waals surface area contributed by atoms with Gasteiger partial charge < -0.3 is 5.11 Å². The molecule has 0 aromatic rings. The third-order valence-corrected chi connectivity index (χ3v) is 7.89. The van der Waals surface area contributed by atoms with E-state index in [-0.39, 0.29) is 11.5 Å². The molecule has 122 valence electrons. The SMILES string of the molecule is C[C@@H]1CC2=CC(=O)CC[C@@H]2[C@@H]2[C@@H]1[C@@H]1CC[C@@H](O)[C@@]1(C)C[C@@H]2C. The minimum absolute atomic E-state index is 0.0991. The lowest BCUT2D eigenvalue weighted by Crippen LogP contribution is -2.53. The standard InChI is InChI=1S/C20H30O2/c1-11-8-13-9-14(21)4-5-15(13)18-12(2)10-20(3)16(19(11)18)6-7-17(20)22/h9,11-12,15-19,22H,4-8,10H2,1-3H3/t11-,12+,15+,16+,17-,18-,19+,20+/m1/s1. The number of fused-ring (bicyclic) bond motifs is 5. The largest absolute Gasteiger partial charge is 0.393 e. The molecule has 4 aliphatic rings. The lowest BCUT2D eigenvalue weighted by atomic mass is 9.47. The number of carbonyl (C=O) groups excluding carboxylic acids is 1. The molecule has 0 spiro atoms. The van der Waals surface area contributed by atoms with Crippen LogP contribution in [0.5, 0.6) is 0 Å². The Morgan fingerprint density at radius 3 is 2.68 bits per heavy atom. The average Bonchev–Trinajstić information content (AvgIpc) is 2.74. The van der Waals surface area contributed by atoms with Crippen molar-refractivity contribution < 1.29 is 9.90 Å². The van der Waals surface area contributed by atoms with Crippen LogP contribution in [0.4, 0.5) is 0 Å². The summed E-state index contributed by atoms with van der Waals surface area (Å²) in [5.74, 6) is 4.52. The van der Waals surface area contributed by atoms with E-state index in [4.69, 9.17) is 0 Å². The van der Waals surface area contributed by atoms with Crippen molar-refractivity contribution in [2.24, 2.45) is 40.9 Å². The fourth-order valence-corrected chi connectivity index (χ4v) is 7.11. The Bertz CT molecular complexity index is 522. The van der Waals surface area contributed by atoms with Crippen LogP contribution in [0.25, 0.3) is 0 Å². The number of hydrogen-bond donors (Lipinski definition) is 1. The summed E-state index contributed by atoms with van der Waals surface area (Å²) in [6.45, 7) is 7.16. The normalized spacial score (nSPS) is 54.3. The maximum absolute atomic E-state index is 11.8. The Morgan fingerprint density at radius 1 is 1.14 bits per heavy atom. The Balaban J connectivity index is 1.73. The molecule has 0 unspecified atom stereocenters. The molecule has 0 amide bonds. The second kappa shape index (κ2) is 4.93. The van der Waals surface area contributed by atoms with Gasteiger partial charge in [-0.3, -0.25) is 4.79 Å². The number of ketones is 1. The van der Waals surface area contributed by atoms with Crippen molar-refractivity contribution in [2.45, 2.75) is 65.4 Å². The van der Waals surface area contributed by atoms with Gasteiger partial charge >= 0.3 is 0 Å². The Morgan fingerprint density at radius 2 is 1.91 bits per heavy atom. The van der Waals surface area contributed by atoms with Crippen molar-refractivity contribution in [3.63, 3.8) is 0 Å². The summed E-state index contributed by atoms with van der Waals surface area (Å²) in [4.78, 5) is 11.8. The fraction of sp³-hybridized carbons (Fsp3) is 0.850. The highest BCUT2D eigenvalue weighted by Crippen LogP contribution is 2.64. The topological polar surface area (TPSA) is 37.3 Å². The minimum atomic E-state index is -0.0991. The molecule has 3 fully saturated rings. The highest BCUT2D eigenvalue weighted by Gasteiger charge is 2.59. The van der Waals surface area contributed by atoms with Crippen LogP contribution in [0, 0.1) is 40.9 Å². The van der Waals surface area contributed by atoms with E-state index in [0.29, 0.717) is 29.5 Å². The smallest absolute Gasteiger partial charge is 0.155 e. The summed E-state index contributed by atoms with van der Waals surface area (Å²) < 4.78 is 0.